The molecular weight excluding hydrogens is 752 g/mol. The topological polar surface area (TPSA) is 301 Å². The van der Waals surface area contributed by atoms with Gasteiger partial charge in [0.15, 0.2) is 0 Å². The molecule has 2 aromatic rings. The number of phenols is 1. The van der Waals surface area contributed by atoms with E-state index in [0.717, 1.165) is 16.7 Å². The highest BCUT2D eigenvalue weighted by molar-refractivity contribution is 5.98. The van der Waals surface area contributed by atoms with Gasteiger partial charge in [-0.15, -0.1) is 0 Å². The zero-order valence-corrected chi connectivity index (χ0v) is 34.2. The summed E-state index contributed by atoms with van der Waals surface area (Å²) in [5.74, 6) is -8.60. The van der Waals surface area contributed by atoms with E-state index in [1.807, 2.05) is 0 Å². The Balaban J connectivity index is 2.28. The van der Waals surface area contributed by atoms with Crippen molar-refractivity contribution in [3.8, 4) is 5.75 Å². The van der Waals surface area contributed by atoms with Gasteiger partial charge in [0.1, 0.15) is 36.0 Å². The maximum absolute atomic E-state index is 13.8. The summed E-state index contributed by atoms with van der Waals surface area (Å²) in [6, 6.07) is 3.84. The van der Waals surface area contributed by atoms with Gasteiger partial charge in [0, 0.05) is 12.3 Å². The number of benzene rings is 2. The van der Waals surface area contributed by atoms with Crippen LogP contribution >= 0.6 is 0 Å². The molecule has 12 N–H and O–H groups in total. The minimum atomic E-state index is -1.72. The number of aliphatic carboxylic acids is 1. The Morgan fingerprint density at radius 1 is 0.655 bits per heavy atom. The van der Waals surface area contributed by atoms with Gasteiger partial charge in [-0.25, -0.2) is 0 Å². The van der Waals surface area contributed by atoms with E-state index in [9.17, 15) is 48.6 Å². The maximum atomic E-state index is 13.8. The summed E-state index contributed by atoms with van der Waals surface area (Å²) < 4.78 is 0. The predicted octanol–water partition coefficient (Wildman–Crippen LogP) is -0.485. The van der Waals surface area contributed by atoms with Crippen LogP contribution in [-0.4, -0.2) is 100 Å². The summed E-state index contributed by atoms with van der Waals surface area (Å²) in [6.45, 7) is 12.7. The molecule has 0 spiro atoms. The van der Waals surface area contributed by atoms with Gasteiger partial charge in [-0.3, -0.25) is 38.4 Å². The Labute approximate surface area is 338 Å². The molecular formula is C40H58N8O10. The third-order valence-electron chi connectivity index (χ3n) is 9.49. The molecule has 0 aliphatic carbocycles. The normalized spacial score (nSPS) is 14.7. The molecule has 0 aliphatic heterocycles. The minimum absolute atomic E-state index is 0.0726. The van der Waals surface area contributed by atoms with E-state index in [1.54, 1.807) is 90.9 Å². The lowest BCUT2D eigenvalue weighted by molar-refractivity contribution is -0.141. The number of amides is 7. The first-order valence-electron chi connectivity index (χ1n) is 18.9. The van der Waals surface area contributed by atoms with E-state index in [-0.39, 0.29) is 12.2 Å². The number of phenolic OH excluding ortho intramolecular Hbond substituents is 1. The van der Waals surface area contributed by atoms with Crippen molar-refractivity contribution >= 4 is 47.3 Å². The summed E-state index contributed by atoms with van der Waals surface area (Å²) >= 11 is 0. The van der Waals surface area contributed by atoms with E-state index in [4.69, 9.17) is 11.5 Å². The highest BCUT2D eigenvalue weighted by Crippen LogP contribution is 2.29. The Kier molecular flexibility index (Phi) is 18.3. The van der Waals surface area contributed by atoms with Crippen molar-refractivity contribution in [3.63, 3.8) is 0 Å². The fourth-order valence-electron chi connectivity index (χ4n) is 6.31. The summed E-state index contributed by atoms with van der Waals surface area (Å²) in [5, 5.41) is 34.5. The molecule has 0 radical (unpaired) electrons. The van der Waals surface area contributed by atoms with Gasteiger partial charge in [-0.1, -0.05) is 65.0 Å². The number of aromatic hydroxyl groups is 1. The third kappa shape index (κ3) is 14.5. The summed E-state index contributed by atoms with van der Waals surface area (Å²) in [4.78, 5) is 103. The van der Waals surface area contributed by atoms with Crippen molar-refractivity contribution in [2.45, 2.75) is 110 Å². The van der Waals surface area contributed by atoms with Crippen molar-refractivity contribution in [2.24, 2.45) is 23.3 Å². The number of primary amides is 1. The van der Waals surface area contributed by atoms with Crippen LogP contribution in [0.5, 0.6) is 5.75 Å². The van der Waals surface area contributed by atoms with Crippen molar-refractivity contribution in [2.75, 3.05) is 6.54 Å². The number of carboxylic acid groups (broad SMARTS) is 1. The molecule has 0 saturated heterocycles. The quantitative estimate of drug-likeness (QED) is 0.0768. The van der Waals surface area contributed by atoms with Crippen LogP contribution in [-0.2, 0) is 44.8 Å². The Bertz CT molecular complexity index is 1800. The molecule has 0 unspecified atom stereocenters. The second-order valence-electron chi connectivity index (χ2n) is 15.1. The second-order valence-corrected chi connectivity index (χ2v) is 15.1. The Morgan fingerprint density at radius 3 is 1.67 bits per heavy atom. The number of carbonyl (C=O) groups excluding carboxylic acids is 7. The number of nitrogens with one attached hydrogen (secondary N) is 6. The van der Waals surface area contributed by atoms with Crippen LogP contribution in [0, 0.1) is 25.7 Å². The molecule has 7 amide bonds. The molecule has 58 heavy (non-hydrogen) atoms. The van der Waals surface area contributed by atoms with E-state index in [0.29, 0.717) is 5.56 Å². The number of hydrogen-bond donors (Lipinski definition) is 10. The van der Waals surface area contributed by atoms with Crippen LogP contribution in [0.3, 0.4) is 0 Å². The first kappa shape index (κ1) is 48.1. The monoisotopic (exact) mass is 810 g/mol. The Morgan fingerprint density at radius 2 is 1.16 bits per heavy atom. The molecule has 7 atom stereocenters. The number of rotatable bonds is 21. The van der Waals surface area contributed by atoms with Crippen LogP contribution in [0.15, 0.2) is 42.5 Å². The zero-order valence-electron chi connectivity index (χ0n) is 34.2. The van der Waals surface area contributed by atoms with Crippen LogP contribution in [0.2, 0.25) is 0 Å². The molecule has 0 fully saturated rings. The van der Waals surface area contributed by atoms with Gasteiger partial charge in [0.2, 0.25) is 41.4 Å². The number of hydrogen-bond acceptors (Lipinski definition) is 10. The number of carbonyl (C=O) groups is 8. The van der Waals surface area contributed by atoms with Gasteiger partial charge in [-0.2, -0.15) is 0 Å². The van der Waals surface area contributed by atoms with Crippen LogP contribution in [0.1, 0.15) is 76.1 Å². The molecule has 0 aliphatic rings. The van der Waals surface area contributed by atoms with Crippen LogP contribution in [0.25, 0.3) is 0 Å². The molecule has 2 rings (SSSR count). The van der Waals surface area contributed by atoms with E-state index >= 15 is 0 Å². The Hall–Kier alpha value is -6.04. The van der Waals surface area contributed by atoms with Gasteiger partial charge < -0.3 is 53.6 Å². The lowest BCUT2D eigenvalue weighted by Crippen LogP contribution is -2.61. The van der Waals surface area contributed by atoms with Crippen molar-refractivity contribution in [1.82, 2.24) is 31.9 Å². The second kappa shape index (κ2) is 22.0. The van der Waals surface area contributed by atoms with Crippen molar-refractivity contribution in [1.29, 1.82) is 0 Å². The summed E-state index contributed by atoms with van der Waals surface area (Å²) in [7, 11) is 0. The van der Waals surface area contributed by atoms with Gasteiger partial charge in [0.05, 0.1) is 19.0 Å². The summed E-state index contributed by atoms with van der Waals surface area (Å²) in [5.41, 5.74) is 14.3. The number of carboxylic acids is 1. The molecule has 18 heteroatoms. The van der Waals surface area contributed by atoms with Crippen LogP contribution < -0.4 is 43.4 Å². The van der Waals surface area contributed by atoms with Gasteiger partial charge in [-0.05, 0) is 67.0 Å². The number of nitrogens with two attached hydrogens (primary N) is 2. The molecule has 2 aromatic carbocycles. The van der Waals surface area contributed by atoms with Crippen LogP contribution in [0.4, 0.5) is 0 Å². The minimum Gasteiger partial charge on any atom is -0.508 e. The molecule has 0 saturated carbocycles. The highest BCUT2D eigenvalue weighted by Gasteiger charge is 2.35. The van der Waals surface area contributed by atoms with E-state index in [1.165, 1.54) is 6.92 Å². The molecule has 18 nitrogen and oxygen atoms in total. The van der Waals surface area contributed by atoms with E-state index in [2.05, 4.69) is 31.9 Å². The van der Waals surface area contributed by atoms with Crippen molar-refractivity contribution in [3.05, 3.63) is 64.7 Å². The first-order valence-corrected chi connectivity index (χ1v) is 18.9. The summed E-state index contributed by atoms with van der Waals surface area (Å²) in [6.07, 6.45) is -0.995. The standard InChI is InChI=1S/C40H58N8O10/c1-19(2)33(39(57)43-18-29(41)50)48-40(58)34(20(3)4)47-37(55)28(17-30(51)52)46-36(54)27(16-25-12-10-9-11-13-25)45-35(53)24(8)44-38(56)32(42)23(7)31-21(5)14-26(49)15-22(31)6/h9-15,19-20,23-24,27-28,32-34,49H,16-18,42H2,1-8H3,(H2,41,50)(H,43,57)(H,44,56)(H,45,53)(H,46,54)(H,47,55)(H,48,58)(H,51,52)/t23-,24+,27-,28-,32-,33-,34-/m0/s1. The fraction of sp³-hybridized carbons (Fsp3) is 0.500. The fourth-order valence-corrected chi connectivity index (χ4v) is 6.31. The largest absolute Gasteiger partial charge is 0.508 e. The zero-order chi connectivity index (χ0) is 44.0. The molecule has 0 aromatic heterocycles. The average molecular weight is 811 g/mol. The predicted molar refractivity (Wildman–Crippen MR) is 214 cm³/mol. The highest BCUT2D eigenvalue weighted by atomic mass is 16.4. The smallest absolute Gasteiger partial charge is 0.305 e. The average Bonchev–Trinajstić information content (AvgIpc) is 3.13. The third-order valence-corrected chi connectivity index (χ3v) is 9.49. The van der Waals surface area contributed by atoms with Crippen molar-refractivity contribution < 1.29 is 48.6 Å². The number of aryl methyl sites for hydroxylation is 2. The lowest BCUT2D eigenvalue weighted by Gasteiger charge is -2.29. The van der Waals surface area contributed by atoms with E-state index < -0.39 is 114 Å². The first-order chi connectivity index (χ1) is 27.0. The molecule has 318 valence electrons. The SMILES string of the molecule is Cc1cc(O)cc(C)c1[C@H](C)[C@H](N)C(=O)N[C@H](C)C(=O)N[C@@H](Cc1ccccc1)C(=O)N[C@@H](CC(=O)O)C(=O)N[C@H](C(=O)N[C@H](C(=O)NCC(N)=O)C(C)C)C(C)C. The molecule has 0 bridgehead atoms. The van der Waals surface area contributed by atoms with Gasteiger partial charge in [0.25, 0.3) is 0 Å². The van der Waals surface area contributed by atoms with Gasteiger partial charge >= 0.3 is 5.97 Å². The maximum Gasteiger partial charge on any atom is 0.305 e. The molecule has 0 heterocycles. The lowest BCUT2D eigenvalue weighted by atomic mass is 9.86.